The lowest BCUT2D eigenvalue weighted by molar-refractivity contribution is 0.370. The van der Waals surface area contributed by atoms with Crippen LogP contribution in [0.2, 0.25) is 0 Å². The minimum Gasteiger partial charge on any atom is -0.317 e. The predicted octanol–water partition coefficient (Wildman–Crippen LogP) is 2.26. The molecule has 96 valence electrons. The van der Waals surface area contributed by atoms with E-state index in [2.05, 4.69) is 37.4 Å². The highest BCUT2D eigenvalue weighted by Crippen LogP contribution is 2.27. The normalized spacial score (nSPS) is 18.6. The van der Waals surface area contributed by atoms with Gasteiger partial charge >= 0.3 is 0 Å². The van der Waals surface area contributed by atoms with Crippen molar-refractivity contribution in [1.29, 1.82) is 0 Å². The summed E-state index contributed by atoms with van der Waals surface area (Å²) in [6.07, 6.45) is 6.02. The van der Waals surface area contributed by atoms with E-state index in [1.54, 1.807) is 0 Å². The zero-order valence-electron chi connectivity index (χ0n) is 11.6. The highest BCUT2D eigenvalue weighted by atomic mass is 15.3. The number of hydrogen-bond acceptors (Lipinski definition) is 2. The zero-order valence-corrected chi connectivity index (χ0v) is 11.6. The van der Waals surface area contributed by atoms with Crippen LogP contribution < -0.4 is 5.32 Å². The summed E-state index contributed by atoms with van der Waals surface area (Å²) in [7, 11) is 2.03. The van der Waals surface area contributed by atoms with Crippen LogP contribution in [0, 0.1) is 5.92 Å². The van der Waals surface area contributed by atoms with Gasteiger partial charge in [-0.2, -0.15) is 5.10 Å². The molecule has 0 unspecified atom stereocenters. The number of rotatable bonds is 2. The van der Waals surface area contributed by atoms with Crippen molar-refractivity contribution in [1.82, 2.24) is 15.1 Å². The van der Waals surface area contributed by atoms with E-state index in [1.165, 1.54) is 43.6 Å². The second kappa shape index (κ2) is 4.81. The summed E-state index contributed by atoms with van der Waals surface area (Å²) in [4.78, 5) is 0. The average Bonchev–Trinajstić information content (AvgIpc) is 2.60. The van der Waals surface area contributed by atoms with Crippen molar-refractivity contribution in [2.75, 3.05) is 13.1 Å². The first-order chi connectivity index (χ1) is 7.97. The van der Waals surface area contributed by atoms with Gasteiger partial charge in [-0.1, -0.05) is 20.8 Å². The molecule has 0 atom stereocenters. The van der Waals surface area contributed by atoms with E-state index in [9.17, 15) is 0 Å². The van der Waals surface area contributed by atoms with Gasteiger partial charge in [0.25, 0.3) is 0 Å². The van der Waals surface area contributed by atoms with Gasteiger partial charge in [0, 0.05) is 18.7 Å². The van der Waals surface area contributed by atoms with Crippen LogP contribution in [0.15, 0.2) is 6.20 Å². The molecule has 0 radical (unpaired) electrons. The average molecular weight is 235 g/mol. The molecule has 0 bridgehead atoms. The van der Waals surface area contributed by atoms with E-state index in [0.29, 0.717) is 0 Å². The van der Waals surface area contributed by atoms with Gasteiger partial charge in [0.1, 0.15) is 0 Å². The molecule has 1 aliphatic heterocycles. The number of aromatic nitrogens is 2. The van der Waals surface area contributed by atoms with E-state index in [4.69, 9.17) is 0 Å². The van der Waals surface area contributed by atoms with Crippen molar-refractivity contribution in [2.24, 2.45) is 13.0 Å². The molecule has 2 heterocycles. The number of piperidine rings is 1. The summed E-state index contributed by atoms with van der Waals surface area (Å²) < 4.78 is 1.97. The fraction of sp³-hybridized carbons (Fsp3) is 0.786. The highest BCUT2D eigenvalue weighted by molar-refractivity contribution is 5.24. The van der Waals surface area contributed by atoms with Crippen molar-refractivity contribution in [3.05, 3.63) is 17.5 Å². The van der Waals surface area contributed by atoms with Crippen LogP contribution in [0.4, 0.5) is 0 Å². The molecule has 0 aliphatic carbocycles. The van der Waals surface area contributed by atoms with Gasteiger partial charge < -0.3 is 5.32 Å². The minimum absolute atomic E-state index is 0.156. The zero-order chi connectivity index (χ0) is 12.5. The Labute approximate surface area is 105 Å². The van der Waals surface area contributed by atoms with Crippen LogP contribution in [0.5, 0.6) is 0 Å². The van der Waals surface area contributed by atoms with Crippen molar-refractivity contribution >= 4 is 0 Å². The number of nitrogens with zero attached hydrogens (tertiary/aromatic N) is 2. The maximum absolute atomic E-state index is 4.65. The Morgan fingerprint density at radius 3 is 2.59 bits per heavy atom. The first kappa shape index (κ1) is 12.6. The summed E-state index contributed by atoms with van der Waals surface area (Å²) in [6.45, 7) is 9.11. The fourth-order valence-electron chi connectivity index (χ4n) is 2.72. The Morgan fingerprint density at radius 1 is 1.35 bits per heavy atom. The minimum atomic E-state index is 0.156. The third kappa shape index (κ3) is 3.09. The second-order valence-electron chi connectivity index (χ2n) is 6.32. The quantitative estimate of drug-likeness (QED) is 0.852. The number of hydrogen-bond donors (Lipinski definition) is 1. The number of nitrogens with one attached hydrogen (secondary N) is 1. The van der Waals surface area contributed by atoms with Crippen molar-refractivity contribution in [3.8, 4) is 0 Å². The third-order valence-electron chi connectivity index (χ3n) is 3.58. The lowest BCUT2D eigenvalue weighted by Gasteiger charge is -2.24. The maximum Gasteiger partial charge on any atom is 0.0709 e. The lowest BCUT2D eigenvalue weighted by atomic mass is 9.84. The summed E-state index contributed by atoms with van der Waals surface area (Å²) in [5, 5.41) is 8.08. The Morgan fingerprint density at radius 2 is 2.00 bits per heavy atom. The molecule has 0 amide bonds. The van der Waals surface area contributed by atoms with Crippen LogP contribution in [0.1, 0.15) is 44.9 Å². The molecule has 1 saturated heterocycles. The van der Waals surface area contributed by atoms with Gasteiger partial charge in [0.05, 0.1) is 5.69 Å². The van der Waals surface area contributed by atoms with Gasteiger partial charge in [-0.25, -0.2) is 0 Å². The molecule has 0 saturated carbocycles. The van der Waals surface area contributed by atoms with Gasteiger partial charge in [-0.05, 0) is 43.8 Å². The third-order valence-corrected chi connectivity index (χ3v) is 3.58. The molecule has 1 aliphatic rings. The smallest absolute Gasteiger partial charge is 0.0709 e. The monoisotopic (exact) mass is 235 g/mol. The molecule has 1 N–H and O–H groups in total. The summed E-state index contributed by atoms with van der Waals surface area (Å²) in [5.74, 6) is 0.835. The van der Waals surface area contributed by atoms with E-state index in [1.807, 2.05) is 11.7 Å². The Hall–Kier alpha value is -0.830. The molecule has 2 rings (SSSR count). The van der Waals surface area contributed by atoms with Gasteiger partial charge in [-0.3, -0.25) is 4.68 Å². The molecular formula is C14H25N3. The topological polar surface area (TPSA) is 29.9 Å². The fourth-order valence-corrected chi connectivity index (χ4v) is 2.72. The lowest BCUT2D eigenvalue weighted by Crippen LogP contribution is -2.29. The molecule has 1 aromatic rings. The highest BCUT2D eigenvalue weighted by Gasteiger charge is 2.24. The van der Waals surface area contributed by atoms with Crippen molar-refractivity contribution < 1.29 is 0 Å². The molecule has 0 spiro atoms. The van der Waals surface area contributed by atoms with Gasteiger partial charge in [0.15, 0.2) is 0 Å². The number of aryl methyl sites for hydroxylation is 1. The van der Waals surface area contributed by atoms with E-state index in [-0.39, 0.29) is 5.41 Å². The Bertz CT molecular complexity index is 367. The van der Waals surface area contributed by atoms with Crippen molar-refractivity contribution in [3.63, 3.8) is 0 Å². The van der Waals surface area contributed by atoms with E-state index < -0.39 is 0 Å². The molecule has 17 heavy (non-hydrogen) atoms. The summed E-state index contributed by atoms with van der Waals surface area (Å²) >= 11 is 0. The predicted molar refractivity (Wildman–Crippen MR) is 71.2 cm³/mol. The van der Waals surface area contributed by atoms with Crippen LogP contribution in [-0.2, 0) is 18.9 Å². The summed E-state index contributed by atoms with van der Waals surface area (Å²) in [6, 6.07) is 0. The van der Waals surface area contributed by atoms with Gasteiger partial charge in [0.2, 0.25) is 0 Å². The molecular weight excluding hydrogens is 210 g/mol. The molecule has 1 fully saturated rings. The second-order valence-corrected chi connectivity index (χ2v) is 6.32. The molecule has 3 heteroatoms. The first-order valence-corrected chi connectivity index (χ1v) is 6.70. The van der Waals surface area contributed by atoms with Crippen molar-refractivity contribution in [2.45, 2.75) is 45.4 Å². The van der Waals surface area contributed by atoms with Gasteiger partial charge in [-0.15, -0.1) is 0 Å². The summed E-state index contributed by atoms with van der Waals surface area (Å²) in [5.41, 5.74) is 2.88. The van der Waals surface area contributed by atoms with Crippen LogP contribution in [0.3, 0.4) is 0 Å². The van der Waals surface area contributed by atoms with Crippen LogP contribution >= 0.6 is 0 Å². The van der Waals surface area contributed by atoms with Crippen LogP contribution in [0.25, 0.3) is 0 Å². The van der Waals surface area contributed by atoms with Crippen LogP contribution in [-0.4, -0.2) is 22.9 Å². The molecule has 1 aromatic heterocycles. The SMILES string of the molecule is Cn1cc(CC2CCNCC2)c(C(C)(C)C)n1. The Balaban J connectivity index is 2.14. The maximum atomic E-state index is 4.65. The van der Waals surface area contributed by atoms with E-state index >= 15 is 0 Å². The first-order valence-electron chi connectivity index (χ1n) is 6.70. The van der Waals surface area contributed by atoms with E-state index in [0.717, 1.165) is 5.92 Å². The standard InChI is InChI=1S/C14H25N3/c1-14(2,3)13-12(10-17(4)16-13)9-11-5-7-15-8-6-11/h10-11,15H,5-9H2,1-4H3. The molecule has 3 nitrogen and oxygen atoms in total. The Kier molecular flexibility index (Phi) is 3.57. The molecule has 0 aromatic carbocycles. The largest absolute Gasteiger partial charge is 0.317 e.